The van der Waals surface area contributed by atoms with Gasteiger partial charge >= 0.3 is 0 Å². The number of hydrogen-bond acceptors (Lipinski definition) is 4. The van der Waals surface area contributed by atoms with Gasteiger partial charge in [-0.05, 0) is 42.5 Å². The topological polar surface area (TPSA) is 78.5 Å². The number of rotatable bonds is 5. The molecule has 1 aliphatic rings. The summed E-state index contributed by atoms with van der Waals surface area (Å²) in [5.41, 5.74) is 0.932. The molecule has 4 rings (SSSR count). The van der Waals surface area contributed by atoms with Gasteiger partial charge in [0.25, 0.3) is 17.7 Å². The van der Waals surface area contributed by atoms with Crippen molar-refractivity contribution < 1.29 is 14.4 Å². The molecule has 3 aromatic carbocycles. The first kappa shape index (κ1) is 24.4. The molecular weight excluding hydrogens is 544 g/mol. The van der Waals surface area contributed by atoms with Crippen molar-refractivity contribution in [1.29, 1.82) is 0 Å². The molecule has 0 bridgehead atoms. The molecule has 34 heavy (non-hydrogen) atoms. The third kappa shape index (κ3) is 4.73. The Balaban J connectivity index is 1.58. The quantitative estimate of drug-likeness (QED) is 0.263. The lowest BCUT2D eigenvalue weighted by molar-refractivity contribution is -0.120. The molecule has 172 valence electrons. The van der Waals surface area contributed by atoms with Crippen molar-refractivity contribution in [1.82, 2.24) is 0 Å². The van der Waals surface area contributed by atoms with Crippen molar-refractivity contribution in [3.05, 3.63) is 97.0 Å². The number of benzene rings is 3. The van der Waals surface area contributed by atoms with Crippen LogP contribution in [0.25, 0.3) is 0 Å². The van der Waals surface area contributed by atoms with Crippen LogP contribution < -0.4 is 15.5 Å². The lowest BCUT2D eigenvalue weighted by Gasteiger charge is -2.17. The highest BCUT2D eigenvalue weighted by Crippen LogP contribution is 2.38. The standard InChI is InChI=1S/C23H12Cl5N3O3/c24-13-6-1-2-7-17(13)30-21(32)11-4-3-5-12(8-11)29-20-19(28)22(33)31(23(20)34)18-10-15(26)14(25)9-16(18)27/h1-10,29H,(H,30,32). The van der Waals surface area contributed by atoms with E-state index in [2.05, 4.69) is 10.6 Å². The molecule has 0 spiro atoms. The van der Waals surface area contributed by atoms with Gasteiger partial charge in [0.05, 0.1) is 31.5 Å². The minimum atomic E-state index is -0.790. The van der Waals surface area contributed by atoms with Crippen LogP contribution in [0, 0.1) is 0 Å². The zero-order chi connectivity index (χ0) is 24.6. The molecule has 0 unspecified atom stereocenters. The van der Waals surface area contributed by atoms with Crippen LogP contribution in [0.5, 0.6) is 0 Å². The number of amides is 3. The zero-order valence-electron chi connectivity index (χ0n) is 16.8. The van der Waals surface area contributed by atoms with Gasteiger partial charge in [0.1, 0.15) is 10.7 Å². The van der Waals surface area contributed by atoms with Gasteiger partial charge in [-0.25, -0.2) is 4.90 Å². The molecule has 0 aromatic heterocycles. The fraction of sp³-hybridized carbons (Fsp3) is 0. The molecule has 0 saturated carbocycles. The van der Waals surface area contributed by atoms with Crippen molar-refractivity contribution >= 4 is 92.8 Å². The average Bonchev–Trinajstić information content (AvgIpc) is 3.01. The fourth-order valence-electron chi connectivity index (χ4n) is 3.15. The zero-order valence-corrected chi connectivity index (χ0v) is 20.6. The maximum Gasteiger partial charge on any atom is 0.283 e. The van der Waals surface area contributed by atoms with Gasteiger partial charge in [0.2, 0.25) is 0 Å². The number of anilines is 3. The van der Waals surface area contributed by atoms with Crippen molar-refractivity contribution in [2.45, 2.75) is 0 Å². The Morgan fingerprint density at radius 1 is 0.735 bits per heavy atom. The maximum absolute atomic E-state index is 13.0. The van der Waals surface area contributed by atoms with Crippen molar-refractivity contribution in [2.24, 2.45) is 0 Å². The van der Waals surface area contributed by atoms with E-state index in [0.29, 0.717) is 16.4 Å². The fourth-order valence-corrected chi connectivity index (χ4v) is 4.17. The lowest BCUT2D eigenvalue weighted by Crippen LogP contribution is -2.32. The minimum absolute atomic E-state index is 0.0360. The second kappa shape index (κ2) is 9.86. The van der Waals surface area contributed by atoms with E-state index >= 15 is 0 Å². The Hall–Kier alpha value is -2.74. The molecule has 3 aromatic rings. The van der Waals surface area contributed by atoms with E-state index in [9.17, 15) is 14.4 Å². The molecule has 0 aliphatic carbocycles. The average molecular weight is 556 g/mol. The second-order valence-corrected chi connectivity index (χ2v) is 9.00. The van der Waals surface area contributed by atoms with E-state index in [1.807, 2.05) is 0 Å². The summed E-state index contributed by atoms with van der Waals surface area (Å²) in [4.78, 5) is 39.3. The molecule has 2 N–H and O–H groups in total. The summed E-state index contributed by atoms with van der Waals surface area (Å²) < 4.78 is 0. The van der Waals surface area contributed by atoms with Crippen LogP contribution in [-0.4, -0.2) is 17.7 Å². The summed E-state index contributed by atoms with van der Waals surface area (Å²) in [5, 5.41) is 5.88. The van der Waals surface area contributed by atoms with Gasteiger partial charge in [0, 0.05) is 11.3 Å². The van der Waals surface area contributed by atoms with Crippen molar-refractivity contribution in [3.8, 4) is 0 Å². The number of imide groups is 1. The number of halogens is 5. The number of nitrogens with zero attached hydrogens (tertiary/aromatic N) is 1. The highest BCUT2D eigenvalue weighted by atomic mass is 35.5. The molecule has 0 fully saturated rings. The summed E-state index contributed by atoms with van der Waals surface area (Å²) in [7, 11) is 0. The molecule has 0 atom stereocenters. The van der Waals surface area contributed by atoms with Gasteiger partial charge in [-0.2, -0.15) is 0 Å². The highest BCUT2D eigenvalue weighted by Gasteiger charge is 2.40. The second-order valence-electron chi connectivity index (χ2n) is 6.99. The van der Waals surface area contributed by atoms with Gasteiger partial charge in [-0.3, -0.25) is 14.4 Å². The van der Waals surface area contributed by atoms with Crippen molar-refractivity contribution in [2.75, 3.05) is 15.5 Å². The number of carbonyl (C=O) groups is 3. The summed E-state index contributed by atoms with van der Waals surface area (Å²) in [6, 6.07) is 15.7. The van der Waals surface area contributed by atoms with E-state index in [4.69, 9.17) is 58.0 Å². The van der Waals surface area contributed by atoms with Crippen LogP contribution >= 0.6 is 58.0 Å². The number of para-hydroxylation sites is 1. The highest BCUT2D eigenvalue weighted by molar-refractivity contribution is 6.54. The Bertz CT molecular complexity index is 1390. The van der Waals surface area contributed by atoms with Crippen molar-refractivity contribution in [3.63, 3.8) is 0 Å². The largest absolute Gasteiger partial charge is 0.350 e. The molecule has 6 nitrogen and oxygen atoms in total. The first-order chi connectivity index (χ1) is 16.2. The van der Waals surface area contributed by atoms with E-state index in [-0.39, 0.29) is 37.0 Å². The third-order valence-corrected chi connectivity index (χ3v) is 6.48. The summed E-state index contributed by atoms with van der Waals surface area (Å²) in [5.74, 6) is -1.96. The van der Waals surface area contributed by atoms with Crippen LogP contribution in [0.1, 0.15) is 10.4 Å². The first-order valence-electron chi connectivity index (χ1n) is 9.53. The van der Waals surface area contributed by atoms with Gasteiger partial charge in [-0.1, -0.05) is 76.2 Å². The normalized spacial score (nSPS) is 13.5. The summed E-state index contributed by atoms with van der Waals surface area (Å²) >= 11 is 30.4. The molecule has 3 amide bonds. The lowest BCUT2D eigenvalue weighted by atomic mass is 10.1. The molecule has 1 heterocycles. The van der Waals surface area contributed by atoms with Gasteiger partial charge in [0.15, 0.2) is 0 Å². The molecular formula is C23H12Cl5N3O3. The van der Waals surface area contributed by atoms with Crippen LogP contribution in [0.4, 0.5) is 17.1 Å². The van der Waals surface area contributed by atoms with E-state index in [0.717, 1.165) is 4.90 Å². The molecule has 0 radical (unpaired) electrons. The molecule has 0 saturated heterocycles. The SMILES string of the molecule is O=C(Nc1ccccc1Cl)c1cccc(NC2=C(Cl)C(=O)N(c3cc(Cl)c(Cl)cc3Cl)C2=O)c1. The van der Waals surface area contributed by atoms with Crippen LogP contribution in [-0.2, 0) is 9.59 Å². The predicted octanol–water partition coefficient (Wildman–Crippen LogP) is 6.99. The van der Waals surface area contributed by atoms with Crippen LogP contribution in [0.2, 0.25) is 20.1 Å². The Kier molecular flexibility index (Phi) is 7.07. The predicted molar refractivity (Wildman–Crippen MR) is 136 cm³/mol. The monoisotopic (exact) mass is 553 g/mol. The number of nitrogens with one attached hydrogen (secondary N) is 2. The van der Waals surface area contributed by atoms with E-state index < -0.39 is 17.7 Å². The maximum atomic E-state index is 13.0. The summed E-state index contributed by atoms with van der Waals surface area (Å²) in [6.45, 7) is 0. The van der Waals surface area contributed by atoms with Gasteiger partial charge in [-0.15, -0.1) is 0 Å². The number of carbonyl (C=O) groups excluding carboxylic acids is 3. The molecule has 11 heteroatoms. The smallest absolute Gasteiger partial charge is 0.283 e. The van der Waals surface area contributed by atoms with E-state index in [1.54, 1.807) is 42.5 Å². The molecule has 1 aliphatic heterocycles. The third-order valence-electron chi connectivity index (χ3n) is 4.77. The summed E-state index contributed by atoms with van der Waals surface area (Å²) in [6.07, 6.45) is 0. The van der Waals surface area contributed by atoms with Crippen LogP contribution in [0.3, 0.4) is 0 Å². The Morgan fingerprint density at radius 3 is 2.18 bits per heavy atom. The van der Waals surface area contributed by atoms with Crippen LogP contribution in [0.15, 0.2) is 71.4 Å². The number of hydrogen-bond donors (Lipinski definition) is 2. The van der Waals surface area contributed by atoms with E-state index in [1.165, 1.54) is 18.2 Å². The Morgan fingerprint density at radius 2 is 1.44 bits per heavy atom. The van der Waals surface area contributed by atoms with Gasteiger partial charge < -0.3 is 10.6 Å². The minimum Gasteiger partial charge on any atom is -0.350 e. The first-order valence-corrected chi connectivity index (χ1v) is 11.4. The Labute approximate surface area is 219 Å².